The molecule has 0 saturated carbocycles. The predicted octanol–water partition coefficient (Wildman–Crippen LogP) is 2.30. The zero-order valence-electron chi connectivity index (χ0n) is 11.4. The van der Waals surface area contributed by atoms with Crippen LogP contribution in [0.25, 0.3) is 0 Å². The van der Waals surface area contributed by atoms with Gasteiger partial charge in [-0.2, -0.15) is 17.5 Å². The van der Waals surface area contributed by atoms with Crippen LogP contribution in [0.2, 0.25) is 0 Å². The summed E-state index contributed by atoms with van der Waals surface area (Å²) in [6.45, 7) is 1.79. The molecule has 0 amide bonds. The number of halogens is 3. The smallest absolute Gasteiger partial charge is 0.382 e. The van der Waals surface area contributed by atoms with Crippen LogP contribution >= 0.6 is 11.5 Å². The normalized spacial score (nSPS) is 18.2. The van der Waals surface area contributed by atoms with Crippen LogP contribution in [0.3, 0.4) is 0 Å². The lowest BCUT2D eigenvalue weighted by Crippen LogP contribution is -2.39. The fourth-order valence-electron chi connectivity index (χ4n) is 2.33. The number of nitrogens with zero attached hydrogens (tertiary/aromatic N) is 2. The molecular weight excluding hydrogens is 327 g/mol. The van der Waals surface area contributed by atoms with E-state index in [0.717, 1.165) is 11.5 Å². The third-order valence-electron chi connectivity index (χ3n) is 3.59. The average Bonchev–Trinajstić information content (AvgIpc) is 2.80. The highest BCUT2D eigenvalue weighted by atomic mass is 32.2. The van der Waals surface area contributed by atoms with Crippen molar-refractivity contribution in [2.75, 3.05) is 29.5 Å². The van der Waals surface area contributed by atoms with Crippen LogP contribution in [-0.2, 0) is 9.84 Å². The van der Waals surface area contributed by atoms with Crippen LogP contribution in [0.1, 0.15) is 19.8 Å². The third kappa shape index (κ3) is 3.25. The summed E-state index contributed by atoms with van der Waals surface area (Å²) >= 11 is 0.924. The maximum Gasteiger partial charge on any atom is 0.391 e. The Hall–Kier alpha value is -1.03. The Labute approximate surface area is 125 Å². The van der Waals surface area contributed by atoms with Gasteiger partial charge in [0.1, 0.15) is 9.90 Å². The van der Waals surface area contributed by atoms with Crippen molar-refractivity contribution in [3.8, 4) is 0 Å². The zero-order chi connectivity index (χ0) is 15.8. The number of anilines is 2. The first-order valence-electron chi connectivity index (χ1n) is 6.46. The predicted molar refractivity (Wildman–Crippen MR) is 75.2 cm³/mol. The van der Waals surface area contributed by atoms with Gasteiger partial charge < -0.3 is 10.6 Å². The van der Waals surface area contributed by atoms with E-state index < -0.39 is 21.9 Å². The molecule has 5 nitrogen and oxygen atoms in total. The molecule has 0 bridgehead atoms. The number of alkyl halides is 3. The van der Waals surface area contributed by atoms with Crippen LogP contribution in [0, 0.1) is 5.92 Å². The Kier molecular flexibility index (Phi) is 4.39. The van der Waals surface area contributed by atoms with Crippen LogP contribution in [0.4, 0.5) is 24.0 Å². The number of nitrogen functional groups attached to an aromatic ring is 1. The van der Waals surface area contributed by atoms with Crippen molar-refractivity contribution in [1.82, 2.24) is 4.37 Å². The molecule has 21 heavy (non-hydrogen) atoms. The first kappa shape index (κ1) is 16.3. The number of rotatable bonds is 3. The Bertz CT molecular complexity index is 605. The van der Waals surface area contributed by atoms with Crippen LogP contribution in [0.5, 0.6) is 0 Å². The molecule has 1 aliphatic rings. The van der Waals surface area contributed by atoms with Gasteiger partial charge >= 0.3 is 6.18 Å². The second-order valence-electron chi connectivity index (χ2n) is 4.91. The summed E-state index contributed by atoms with van der Waals surface area (Å²) in [6, 6.07) is 0. The van der Waals surface area contributed by atoms with Gasteiger partial charge in [-0.15, -0.1) is 0 Å². The van der Waals surface area contributed by atoms with Gasteiger partial charge in [0.2, 0.25) is 0 Å². The van der Waals surface area contributed by atoms with E-state index >= 15 is 0 Å². The van der Waals surface area contributed by atoms with E-state index in [0.29, 0.717) is 5.00 Å². The second kappa shape index (κ2) is 5.64. The second-order valence-corrected chi connectivity index (χ2v) is 7.88. The van der Waals surface area contributed by atoms with E-state index in [4.69, 9.17) is 5.73 Å². The Morgan fingerprint density at radius 2 is 1.95 bits per heavy atom. The standard InChI is InChI=1S/C11H16F3N3O2S2/c1-2-21(18,19)8-9(15)16-20-10(8)17-5-3-7(4-6-17)11(12,13)14/h7H,2-6H2,1H3,(H2,15,16). The molecule has 0 aromatic carbocycles. The largest absolute Gasteiger partial charge is 0.391 e. The summed E-state index contributed by atoms with van der Waals surface area (Å²) < 4.78 is 65.9. The zero-order valence-corrected chi connectivity index (χ0v) is 13.0. The molecule has 1 aromatic rings. The highest BCUT2D eigenvalue weighted by Gasteiger charge is 2.42. The van der Waals surface area contributed by atoms with E-state index in [-0.39, 0.29) is 42.4 Å². The van der Waals surface area contributed by atoms with Crippen molar-refractivity contribution >= 4 is 32.2 Å². The number of hydrogen-bond donors (Lipinski definition) is 1. The Morgan fingerprint density at radius 1 is 1.38 bits per heavy atom. The third-order valence-corrected chi connectivity index (χ3v) is 6.43. The van der Waals surface area contributed by atoms with Gasteiger partial charge in [-0.3, -0.25) is 0 Å². The topological polar surface area (TPSA) is 76.3 Å². The maximum atomic E-state index is 12.7. The first-order valence-corrected chi connectivity index (χ1v) is 8.89. The van der Waals surface area contributed by atoms with E-state index in [1.165, 1.54) is 6.92 Å². The van der Waals surface area contributed by atoms with Crippen LogP contribution in [0.15, 0.2) is 4.90 Å². The molecule has 0 spiro atoms. The lowest BCUT2D eigenvalue weighted by atomic mass is 9.96. The van der Waals surface area contributed by atoms with Crippen molar-refractivity contribution in [1.29, 1.82) is 0 Å². The number of nitrogens with two attached hydrogens (primary N) is 1. The molecule has 0 unspecified atom stereocenters. The summed E-state index contributed by atoms with van der Waals surface area (Å²) in [7, 11) is -3.55. The SMILES string of the molecule is CCS(=O)(=O)c1c(N)nsc1N1CCC(C(F)(F)F)CC1. The van der Waals surface area contributed by atoms with E-state index in [2.05, 4.69) is 4.37 Å². The van der Waals surface area contributed by atoms with Crippen molar-refractivity contribution in [2.24, 2.45) is 5.92 Å². The van der Waals surface area contributed by atoms with Gasteiger partial charge in [0.25, 0.3) is 0 Å². The lowest BCUT2D eigenvalue weighted by molar-refractivity contribution is -0.179. The number of sulfone groups is 1. The maximum absolute atomic E-state index is 12.7. The summed E-state index contributed by atoms with van der Waals surface area (Å²) in [6.07, 6.45) is -4.29. The lowest BCUT2D eigenvalue weighted by Gasteiger charge is -2.33. The highest BCUT2D eigenvalue weighted by molar-refractivity contribution is 7.91. The molecule has 120 valence electrons. The Morgan fingerprint density at radius 3 is 2.43 bits per heavy atom. The monoisotopic (exact) mass is 343 g/mol. The molecule has 0 atom stereocenters. The molecule has 2 N–H and O–H groups in total. The molecule has 2 heterocycles. The van der Waals surface area contributed by atoms with Gasteiger partial charge in [0, 0.05) is 13.1 Å². The summed E-state index contributed by atoms with van der Waals surface area (Å²) in [5.41, 5.74) is 5.62. The van der Waals surface area contributed by atoms with Crippen molar-refractivity contribution < 1.29 is 21.6 Å². The molecule has 10 heteroatoms. The highest BCUT2D eigenvalue weighted by Crippen LogP contribution is 2.40. The number of piperidine rings is 1. The van der Waals surface area contributed by atoms with Crippen LogP contribution in [-0.4, -0.2) is 37.8 Å². The van der Waals surface area contributed by atoms with Crippen molar-refractivity contribution in [2.45, 2.75) is 30.8 Å². The number of aromatic nitrogens is 1. The molecule has 2 rings (SSSR count). The van der Waals surface area contributed by atoms with Crippen molar-refractivity contribution in [3.05, 3.63) is 0 Å². The Balaban J connectivity index is 2.23. The van der Waals surface area contributed by atoms with Gasteiger partial charge in [0.15, 0.2) is 15.7 Å². The minimum absolute atomic E-state index is 0.0412. The molecule has 1 fully saturated rings. The first-order chi connectivity index (χ1) is 9.66. The van der Waals surface area contributed by atoms with E-state index in [9.17, 15) is 21.6 Å². The summed E-state index contributed by atoms with van der Waals surface area (Å²) in [5, 5.41) is 0.356. The molecule has 1 aliphatic heterocycles. The van der Waals surface area contributed by atoms with E-state index in [1.54, 1.807) is 4.90 Å². The minimum atomic E-state index is -4.20. The molecular formula is C11H16F3N3O2S2. The van der Waals surface area contributed by atoms with Gasteiger partial charge in [-0.05, 0) is 24.4 Å². The average molecular weight is 343 g/mol. The number of hydrogen-bond acceptors (Lipinski definition) is 6. The van der Waals surface area contributed by atoms with Gasteiger partial charge in [-0.25, -0.2) is 8.42 Å². The molecule has 1 aromatic heterocycles. The summed E-state index contributed by atoms with van der Waals surface area (Å²) in [4.78, 5) is 1.60. The fraction of sp³-hybridized carbons (Fsp3) is 0.727. The van der Waals surface area contributed by atoms with E-state index in [1.807, 2.05) is 0 Å². The van der Waals surface area contributed by atoms with Gasteiger partial charge in [-0.1, -0.05) is 6.92 Å². The van der Waals surface area contributed by atoms with Gasteiger partial charge in [0.05, 0.1) is 11.7 Å². The molecule has 0 radical (unpaired) electrons. The summed E-state index contributed by atoms with van der Waals surface area (Å²) in [5.74, 6) is -1.53. The fourth-order valence-corrected chi connectivity index (χ4v) is 4.69. The quantitative estimate of drug-likeness (QED) is 0.911. The van der Waals surface area contributed by atoms with Crippen LogP contribution < -0.4 is 10.6 Å². The minimum Gasteiger partial charge on any atom is -0.382 e. The molecule has 0 aliphatic carbocycles. The molecule has 1 saturated heterocycles. The van der Waals surface area contributed by atoms with Crippen molar-refractivity contribution in [3.63, 3.8) is 0 Å².